The van der Waals surface area contributed by atoms with Crippen molar-refractivity contribution >= 4 is 0 Å². The summed E-state index contributed by atoms with van der Waals surface area (Å²) >= 11 is 0. The van der Waals surface area contributed by atoms with E-state index in [1.54, 1.807) is 0 Å². The quantitative estimate of drug-likeness (QED) is 0.626. The summed E-state index contributed by atoms with van der Waals surface area (Å²) in [6, 6.07) is 32.8. The second-order valence-corrected chi connectivity index (χ2v) is 4.99. The van der Waals surface area contributed by atoms with E-state index in [2.05, 4.69) is 78.9 Å². The molecule has 0 saturated heterocycles. The fourth-order valence-electron chi connectivity index (χ4n) is 2.60. The maximum Gasteiger partial charge on any atom is 0.0130 e. The van der Waals surface area contributed by atoms with Crippen molar-refractivity contribution in [3.8, 4) is 0 Å². The van der Waals surface area contributed by atoms with Gasteiger partial charge in [-0.05, 0) is 29.2 Å². The van der Waals surface area contributed by atoms with Crippen LogP contribution in [0.15, 0.2) is 84.9 Å². The van der Waals surface area contributed by atoms with Crippen molar-refractivity contribution in [2.75, 3.05) is 0 Å². The molecule has 0 amide bonds. The zero-order valence-corrected chi connectivity index (χ0v) is 11.4. The van der Waals surface area contributed by atoms with Crippen molar-refractivity contribution in [2.45, 2.75) is 12.3 Å². The molecule has 0 fully saturated rings. The van der Waals surface area contributed by atoms with Crippen LogP contribution in [0.25, 0.3) is 0 Å². The monoisotopic (exact) mass is 257 g/mol. The fraction of sp³-hybridized carbons (Fsp3) is 0.100. The predicted octanol–water partition coefficient (Wildman–Crippen LogP) is 4.86. The first kappa shape index (κ1) is 12.7. The summed E-state index contributed by atoms with van der Waals surface area (Å²) in [6.45, 7) is 0. The molecule has 0 aliphatic heterocycles. The molecule has 0 heterocycles. The lowest BCUT2D eigenvalue weighted by atomic mass is 9.86. The van der Waals surface area contributed by atoms with E-state index in [9.17, 15) is 0 Å². The van der Waals surface area contributed by atoms with Crippen molar-refractivity contribution in [3.63, 3.8) is 0 Å². The number of hydrogen-bond acceptors (Lipinski definition) is 0. The van der Waals surface area contributed by atoms with E-state index in [0.717, 1.165) is 6.42 Å². The average molecular weight is 257 g/mol. The molecule has 3 aromatic rings. The topological polar surface area (TPSA) is 0 Å². The van der Waals surface area contributed by atoms with Gasteiger partial charge in [0, 0.05) is 5.92 Å². The second kappa shape index (κ2) is 6.21. The third kappa shape index (κ3) is 2.97. The van der Waals surface area contributed by atoms with Gasteiger partial charge in [-0.1, -0.05) is 84.9 Å². The van der Waals surface area contributed by atoms with Gasteiger partial charge in [-0.3, -0.25) is 0 Å². The molecule has 0 spiro atoms. The van der Waals surface area contributed by atoms with E-state index >= 15 is 0 Å². The lowest BCUT2D eigenvalue weighted by molar-refractivity contribution is 0.805. The Kier molecular flexibility index (Phi) is 3.93. The normalized spacial score (nSPS) is 10.7. The molecule has 0 N–H and O–H groups in total. The van der Waals surface area contributed by atoms with Gasteiger partial charge in [-0.2, -0.15) is 0 Å². The Morgan fingerprint density at radius 3 is 1.85 bits per heavy atom. The number of rotatable bonds is 4. The summed E-state index contributed by atoms with van der Waals surface area (Å²) in [4.78, 5) is 0. The third-order valence-corrected chi connectivity index (χ3v) is 3.63. The molecule has 20 heavy (non-hydrogen) atoms. The minimum atomic E-state index is 0.396. The van der Waals surface area contributed by atoms with E-state index in [-0.39, 0.29) is 0 Å². The molecule has 0 saturated carbocycles. The van der Waals surface area contributed by atoms with Crippen molar-refractivity contribution < 1.29 is 0 Å². The number of hydrogen-bond donors (Lipinski definition) is 0. The average Bonchev–Trinajstić information content (AvgIpc) is 2.55. The van der Waals surface area contributed by atoms with Crippen LogP contribution in [0.1, 0.15) is 22.6 Å². The van der Waals surface area contributed by atoms with Gasteiger partial charge in [-0.25, -0.2) is 0 Å². The Morgan fingerprint density at radius 2 is 1.20 bits per heavy atom. The van der Waals surface area contributed by atoms with Gasteiger partial charge in [-0.15, -0.1) is 0 Å². The van der Waals surface area contributed by atoms with Crippen LogP contribution in [-0.2, 0) is 6.42 Å². The highest BCUT2D eigenvalue weighted by Gasteiger charge is 2.14. The van der Waals surface area contributed by atoms with Crippen molar-refractivity contribution in [1.82, 2.24) is 0 Å². The molecule has 0 bridgehead atoms. The van der Waals surface area contributed by atoms with Gasteiger partial charge < -0.3 is 0 Å². The molecule has 1 unspecified atom stereocenters. The van der Waals surface area contributed by atoms with E-state index in [1.165, 1.54) is 16.7 Å². The maximum absolute atomic E-state index is 3.10. The Hall–Kier alpha value is -2.34. The Balaban J connectivity index is 1.96. The molecule has 1 atom stereocenters. The predicted molar refractivity (Wildman–Crippen MR) is 83.7 cm³/mol. The van der Waals surface area contributed by atoms with Crippen LogP contribution in [0.2, 0.25) is 0 Å². The molecular weight excluding hydrogens is 240 g/mol. The molecule has 97 valence electrons. The van der Waals surface area contributed by atoms with Crippen LogP contribution in [-0.4, -0.2) is 0 Å². The van der Waals surface area contributed by atoms with Crippen LogP contribution < -0.4 is 0 Å². The van der Waals surface area contributed by atoms with Crippen LogP contribution in [0, 0.1) is 6.07 Å². The Labute approximate surface area is 120 Å². The van der Waals surface area contributed by atoms with Crippen molar-refractivity contribution in [1.29, 1.82) is 0 Å². The minimum Gasteiger partial charge on any atom is -0.0622 e. The fourth-order valence-corrected chi connectivity index (χ4v) is 2.60. The maximum atomic E-state index is 3.10. The summed E-state index contributed by atoms with van der Waals surface area (Å²) in [7, 11) is 0. The zero-order chi connectivity index (χ0) is 13.6. The highest BCUT2D eigenvalue weighted by Crippen LogP contribution is 2.28. The van der Waals surface area contributed by atoms with Gasteiger partial charge in [0.15, 0.2) is 0 Å². The van der Waals surface area contributed by atoms with Crippen molar-refractivity contribution in [3.05, 3.63) is 108 Å². The molecule has 3 aromatic carbocycles. The van der Waals surface area contributed by atoms with Gasteiger partial charge in [0.25, 0.3) is 0 Å². The molecule has 0 aromatic heterocycles. The summed E-state index contributed by atoms with van der Waals surface area (Å²) < 4.78 is 0. The minimum absolute atomic E-state index is 0.396. The summed E-state index contributed by atoms with van der Waals surface area (Å²) in [5.41, 5.74) is 4.08. The zero-order valence-electron chi connectivity index (χ0n) is 11.4. The Morgan fingerprint density at radius 1 is 0.650 bits per heavy atom. The van der Waals surface area contributed by atoms with Gasteiger partial charge in [0.1, 0.15) is 0 Å². The lowest BCUT2D eigenvalue weighted by Crippen LogP contribution is -2.04. The SMILES string of the molecule is [c]1ccc(C(Cc2ccccc2)c2ccccc2)cc1. The summed E-state index contributed by atoms with van der Waals surface area (Å²) in [5, 5.41) is 0. The van der Waals surface area contributed by atoms with E-state index in [1.807, 2.05) is 12.1 Å². The second-order valence-electron chi connectivity index (χ2n) is 4.99. The van der Waals surface area contributed by atoms with Crippen LogP contribution in [0.4, 0.5) is 0 Å². The van der Waals surface area contributed by atoms with Gasteiger partial charge >= 0.3 is 0 Å². The molecule has 3 rings (SSSR count). The summed E-state index contributed by atoms with van der Waals surface area (Å²) in [6.07, 6.45) is 1.02. The van der Waals surface area contributed by atoms with Gasteiger partial charge in [0.2, 0.25) is 0 Å². The summed E-state index contributed by atoms with van der Waals surface area (Å²) in [5.74, 6) is 0.396. The standard InChI is InChI=1S/C20H17/c1-4-10-17(11-5-1)16-20(18-12-6-2-7-13-18)19-14-8-3-9-15-19/h1-2,4-15,20H,16H2. The van der Waals surface area contributed by atoms with Crippen LogP contribution >= 0.6 is 0 Å². The third-order valence-electron chi connectivity index (χ3n) is 3.63. The first-order valence-corrected chi connectivity index (χ1v) is 6.98. The molecular formula is C20H17. The van der Waals surface area contributed by atoms with Crippen LogP contribution in [0.3, 0.4) is 0 Å². The van der Waals surface area contributed by atoms with Crippen molar-refractivity contribution in [2.24, 2.45) is 0 Å². The number of benzene rings is 3. The molecule has 0 aliphatic rings. The van der Waals surface area contributed by atoms with E-state index in [0.29, 0.717) is 5.92 Å². The smallest absolute Gasteiger partial charge is 0.0130 e. The highest BCUT2D eigenvalue weighted by molar-refractivity contribution is 5.34. The molecule has 0 aliphatic carbocycles. The van der Waals surface area contributed by atoms with E-state index in [4.69, 9.17) is 0 Å². The van der Waals surface area contributed by atoms with E-state index < -0.39 is 0 Å². The van der Waals surface area contributed by atoms with Gasteiger partial charge in [0.05, 0.1) is 0 Å². The molecule has 0 nitrogen and oxygen atoms in total. The first-order chi connectivity index (χ1) is 9.93. The largest absolute Gasteiger partial charge is 0.0622 e. The lowest BCUT2D eigenvalue weighted by Gasteiger charge is -2.18. The van der Waals surface area contributed by atoms with Crippen LogP contribution in [0.5, 0.6) is 0 Å². The molecule has 1 radical (unpaired) electrons. The first-order valence-electron chi connectivity index (χ1n) is 6.98. The highest BCUT2D eigenvalue weighted by atomic mass is 14.2. The Bertz CT molecular complexity index is 587. The molecule has 0 heteroatoms.